The number of amides is 4. The Morgan fingerprint density at radius 3 is 2.40 bits per heavy atom. The molecule has 2 aromatic carbocycles. The minimum absolute atomic E-state index is 0.120. The minimum Gasteiger partial charge on any atom is -0.346 e. The van der Waals surface area contributed by atoms with Crippen LogP contribution in [-0.2, 0) is 33.4 Å². The highest BCUT2D eigenvalue weighted by molar-refractivity contribution is 6.53. The van der Waals surface area contributed by atoms with Gasteiger partial charge < -0.3 is 10.2 Å². The van der Waals surface area contributed by atoms with Crippen molar-refractivity contribution in [3.8, 4) is 0 Å². The van der Waals surface area contributed by atoms with E-state index >= 15 is 0 Å². The molecule has 172 valence electrons. The number of benzene rings is 2. The molecule has 6 radical (unpaired) electrons. The number of fused-ring (bicyclic) bond motifs is 1. The van der Waals surface area contributed by atoms with Crippen molar-refractivity contribution < 1.29 is 28.0 Å². The monoisotopic (exact) mass is 491 g/mol. The zero-order valence-corrected chi connectivity index (χ0v) is 18.9. The third kappa shape index (κ3) is 4.35. The van der Waals surface area contributed by atoms with Gasteiger partial charge in [-0.1, -0.05) is 35.9 Å². The maximum Gasteiger partial charge on any atom is 0.349 e. The summed E-state index contributed by atoms with van der Waals surface area (Å²) in [6.07, 6.45) is -0.507. The topological polar surface area (TPSA) is 95.6 Å². The second kappa shape index (κ2) is 8.51. The summed E-state index contributed by atoms with van der Waals surface area (Å²) in [5.74, 6) is -7.73. The third-order valence-electron chi connectivity index (χ3n) is 6.01. The van der Waals surface area contributed by atoms with Crippen LogP contribution in [0.2, 0.25) is 10.2 Å². The summed E-state index contributed by atoms with van der Waals surface area (Å²) in [5.41, 5.74) is -1.40. The van der Waals surface area contributed by atoms with Crippen LogP contribution in [0.1, 0.15) is 33.5 Å². The number of halogens is 3. The molecule has 0 saturated carbocycles. The summed E-state index contributed by atoms with van der Waals surface area (Å²) in [4.78, 5) is 50.5. The van der Waals surface area contributed by atoms with Crippen molar-refractivity contribution in [1.29, 1.82) is 0 Å². The van der Waals surface area contributed by atoms with Crippen LogP contribution in [0.25, 0.3) is 0 Å². The number of carbonyl (C=O) groups is 4. The van der Waals surface area contributed by atoms with Gasteiger partial charge in [-0.2, -0.15) is 8.78 Å². The number of carbonyl (C=O) groups excluding carboxylic acids is 4. The second-order valence-corrected chi connectivity index (χ2v) is 9.01. The van der Waals surface area contributed by atoms with E-state index in [1.54, 1.807) is 0 Å². The number of nitrogens with one attached hydrogen (secondary N) is 2. The molecule has 0 bridgehead atoms. The SMILES string of the molecule is [B]C1([B])CC([B])(N2Cc3cc(CNC(=O)C(F)(F)c4ccc(Cl)cc4)ccc3C2=O)C(=O)NC1=O. The molecule has 0 spiro atoms. The van der Waals surface area contributed by atoms with Crippen LogP contribution >= 0.6 is 11.6 Å². The number of imide groups is 1. The van der Waals surface area contributed by atoms with Crippen molar-refractivity contribution in [2.75, 3.05) is 0 Å². The Bertz CT molecular complexity index is 1260. The summed E-state index contributed by atoms with van der Waals surface area (Å²) in [7, 11) is 17.7. The predicted molar refractivity (Wildman–Crippen MR) is 124 cm³/mol. The Morgan fingerprint density at radius 1 is 1.09 bits per heavy atom. The Morgan fingerprint density at radius 2 is 1.74 bits per heavy atom. The minimum atomic E-state index is -3.79. The number of hydrogen-bond donors (Lipinski definition) is 2. The first-order valence-electron chi connectivity index (χ1n) is 10.3. The fourth-order valence-electron chi connectivity index (χ4n) is 4.04. The summed E-state index contributed by atoms with van der Waals surface area (Å²) < 4.78 is 29.0. The van der Waals surface area contributed by atoms with E-state index < -0.39 is 52.2 Å². The average molecular weight is 491 g/mol. The Kier molecular flexibility index (Phi) is 6.07. The van der Waals surface area contributed by atoms with E-state index in [4.69, 9.17) is 35.1 Å². The van der Waals surface area contributed by atoms with Crippen molar-refractivity contribution in [3.05, 3.63) is 69.7 Å². The molecule has 2 aromatic rings. The zero-order valence-electron chi connectivity index (χ0n) is 18.1. The third-order valence-corrected chi connectivity index (χ3v) is 6.26. The normalized spacial score (nSPS) is 21.5. The number of alkyl halides is 2. The van der Waals surface area contributed by atoms with E-state index in [9.17, 15) is 28.0 Å². The molecule has 0 aliphatic carbocycles. The fourth-order valence-corrected chi connectivity index (χ4v) is 4.17. The summed E-state index contributed by atoms with van der Waals surface area (Å²) in [6, 6.07) is 9.08. The van der Waals surface area contributed by atoms with Gasteiger partial charge in [0, 0.05) is 29.2 Å². The van der Waals surface area contributed by atoms with Gasteiger partial charge in [-0.05, 0) is 41.0 Å². The van der Waals surface area contributed by atoms with Crippen LogP contribution in [-0.4, -0.2) is 57.5 Å². The lowest BCUT2D eigenvalue weighted by Crippen LogP contribution is -2.67. The lowest BCUT2D eigenvalue weighted by Gasteiger charge is -2.46. The maximum atomic E-state index is 14.5. The molecule has 7 nitrogen and oxygen atoms in total. The molecule has 4 rings (SSSR count). The van der Waals surface area contributed by atoms with Gasteiger partial charge in [0.2, 0.25) is 11.8 Å². The number of rotatable bonds is 5. The Labute approximate surface area is 208 Å². The molecule has 13 heteroatoms. The highest BCUT2D eigenvalue weighted by Crippen LogP contribution is 2.39. The van der Waals surface area contributed by atoms with E-state index in [1.165, 1.54) is 30.3 Å². The van der Waals surface area contributed by atoms with E-state index in [0.29, 0.717) is 11.1 Å². The lowest BCUT2D eigenvalue weighted by atomic mass is 9.45. The van der Waals surface area contributed by atoms with Gasteiger partial charge in [0.05, 0.1) is 21.1 Å². The van der Waals surface area contributed by atoms with Crippen LogP contribution in [0.4, 0.5) is 8.78 Å². The summed E-state index contributed by atoms with van der Waals surface area (Å²) in [5, 5.41) is 2.45. The molecule has 4 amide bonds. The second-order valence-electron chi connectivity index (χ2n) is 8.57. The van der Waals surface area contributed by atoms with Crippen LogP contribution < -0.4 is 10.6 Å². The molecule has 0 aromatic heterocycles. The Hall–Kier alpha value is -3.14. The Balaban J connectivity index is 1.49. The van der Waals surface area contributed by atoms with Crippen molar-refractivity contribution in [1.82, 2.24) is 15.5 Å². The lowest BCUT2D eigenvalue weighted by molar-refractivity contribution is -0.147. The zero-order chi connectivity index (χ0) is 25.8. The standard InChI is InChI=1S/C22H15B3ClF2N3O4/c23-20(24)10-21(25,18(34)30-17(20)33)31-9-12-7-11(1-6-15(12)16(31)32)8-29-19(35)22(27,28)13-2-4-14(26)5-3-13/h1-7H,8-10H2,(H,29,35)(H,30,33,34). The van der Waals surface area contributed by atoms with E-state index in [0.717, 1.165) is 17.0 Å². The molecular weight excluding hydrogens is 476 g/mol. The van der Waals surface area contributed by atoms with E-state index in [2.05, 4.69) is 5.32 Å². The molecule has 35 heavy (non-hydrogen) atoms. The van der Waals surface area contributed by atoms with Gasteiger partial charge in [0.25, 0.3) is 11.8 Å². The number of piperidine rings is 1. The fraction of sp³-hybridized carbons (Fsp3) is 0.273. The van der Waals surface area contributed by atoms with Crippen LogP contribution in [0.15, 0.2) is 42.5 Å². The van der Waals surface area contributed by atoms with Gasteiger partial charge in [0.15, 0.2) is 0 Å². The molecule has 1 atom stereocenters. The van der Waals surface area contributed by atoms with Gasteiger partial charge in [-0.3, -0.25) is 24.5 Å². The van der Waals surface area contributed by atoms with Crippen molar-refractivity contribution >= 4 is 58.8 Å². The van der Waals surface area contributed by atoms with Crippen molar-refractivity contribution in [2.24, 2.45) is 0 Å². The number of nitrogens with zero attached hydrogens (tertiary/aromatic N) is 1. The molecule has 2 N–H and O–H groups in total. The number of hydrogen-bond acceptors (Lipinski definition) is 4. The van der Waals surface area contributed by atoms with Gasteiger partial charge in [-0.25, -0.2) is 0 Å². The summed E-state index contributed by atoms with van der Waals surface area (Å²) >= 11 is 5.71. The largest absolute Gasteiger partial charge is 0.349 e. The van der Waals surface area contributed by atoms with E-state index in [1.807, 2.05) is 5.32 Å². The van der Waals surface area contributed by atoms with Gasteiger partial charge in [0.1, 0.15) is 7.85 Å². The highest BCUT2D eigenvalue weighted by Gasteiger charge is 2.53. The van der Waals surface area contributed by atoms with Crippen LogP contribution in [0, 0.1) is 0 Å². The molecule has 2 heterocycles. The quantitative estimate of drug-likeness (QED) is 0.484. The molecule has 2 aliphatic heterocycles. The van der Waals surface area contributed by atoms with Crippen LogP contribution in [0.3, 0.4) is 0 Å². The van der Waals surface area contributed by atoms with Gasteiger partial charge in [-0.15, -0.1) is 0 Å². The molecular formula is C22H15B3ClF2N3O4. The van der Waals surface area contributed by atoms with Gasteiger partial charge >= 0.3 is 5.92 Å². The maximum absolute atomic E-state index is 14.5. The average Bonchev–Trinajstić information content (AvgIpc) is 3.12. The van der Waals surface area contributed by atoms with Crippen LogP contribution in [0.5, 0.6) is 0 Å². The first kappa shape index (κ1) is 25.0. The highest BCUT2D eigenvalue weighted by atomic mass is 35.5. The molecule has 2 aliphatic rings. The van der Waals surface area contributed by atoms with Crippen molar-refractivity contribution in [2.45, 2.75) is 36.1 Å². The predicted octanol–water partition coefficient (Wildman–Crippen LogP) is 1.07. The molecule has 1 saturated heterocycles. The molecule has 1 fully saturated rings. The van der Waals surface area contributed by atoms with E-state index in [-0.39, 0.29) is 23.7 Å². The van der Waals surface area contributed by atoms with Crippen molar-refractivity contribution in [3.63, 3.8) is 0 Å². The first-order valence-corrected chi connectivity index (χ1v) is 10.7. The first-order chi connectivity index (χ1) is 16.3. The summed E-state index contributed by atoms with van der Waals surface area (Å²) in [6.45, 7) is -0.369. The smallest absolute Gasteiger partial charge is 0.346 e. The molecule has 1 unspecified atom stereocenters.